The first-order valence-electron chi connectivity index (χ1n) is 4.22. The van der Waals surface area contributed by atoms with Gasteiger partial charge in [-0.3, -0.25) is 9.69 Å². The quantitative estimate of drug-likeness (QED) is 0.568. The number of hydrogen-bond acceptors (Lipinski definition) is 2. The van der Waals surface area contributed by atoms with E-state index < -0.39 is 0 Å². The number of likely N-dealkylation sites (tertiary alicyclic amines) is 1. The van der Waals surface area contributed by atoms with E-state index >= 15 is 0 Å². The molecular weight excluding hydrogens is 138 g/mol. The summed E-state index contributed by atoms with van der Waals surface area (Å²) in [6.45, 7) is 4.67. The molecule has 0 aromatic heterocycles. The van der Waals surface area contributed by atoms with E-state index in [9.17, 15) is 4.79 Å². The maximum atomic E-state index is 10.8. The van der Waals surface area contributed by atoms with Gasteiger partial charge in [0.1, 0.15) is 5.78 Å². The van der Waals surface area contributed by atoms with Crippen LogP contribution in [-0.4, -0.2) is 30.3 Å². The first-order chi connectivity index (χ1) is 5.33. The second-order valence-corrected chi connectivity index (χ2v) is 2.90. The van der Waals surface area contributed by atoms with Crippen LogP contribution in [-0.2, 0) is 4.79 Å². The topological polar surface area (TPSA) is 20.3 Å². The van der Waals surface area contributed by atoms with Gasteiger partial charge < -0.3 is 0 Å². The maximum absolute atomic E-state index is 10.8. The fraction of sp³-hybridized carbons (Fsp3) is 0.667. The standard InChI is InChI=1S/C9H15NO/c1-2-3-4-6-10-7-5-9(11)8-10/h3-4H,2,5-8H2,1H3/b4-3+. The Labute approximate surface area is 67.9 Å². The summed E-state index contributed by atoms with van der Waals surface area (Å²) in [6, 6.07) is 0. The molecule has 1 fully saturated rings. The number of rotatable bonds is 3. The fourth-order valence-electron chi connectivity index (χ4n) is 1.24. The van der Waals surface area contributed by atoms with Crippen LogP contribution in [0.3, 0.4) is 0 Å². The SMILES string of the molecule is CC/C=C/CN1CCC(=O)C1. The van der Waals surface area contributed by atoms with Gasteiger partial charge in [-0.05, 0) is 6.42 Å². The van der Waals surface area contributed by atoms with Gasteiger partial charge in [0.25, 0.3) is 0 Å². The fourth-order valence-corrected chi connectivity index (χ4v) is 1.24. The smallest absolute Gasteiger partial charge is 0.148 e. The Hall–Kier alpha value is -0.630. The van der Waals surface area contributed by atoms with E-state index in [1.54, 1.807) is 0 Å². The van der Waals surface area contributed by atoms with Crippen molar-refractivity contribution in [3.63, 3.8) is 0 Å². The predicted molar refractivity (Wildman–Crippen MR) is 45.5 cm³/mol. The van der Waals surface area contributed by atoms with E-state index in [0.717, 1.165) is 25.9 Å². The first kappa shape index (κ1) is 8.47. The molecule has 0 spiro atoms. The van der Waals surface area contributed by atoms with Crippen LogP contribution in [0.5, 0.6) is 0 Å². The highest BCUT2D eigenvalue weighted by Gasteiger charge is 2.16. The highest BCUT2D eigenvalue weighted by molar-refractivity contribution is 5.82. The molecule has 0 unspecified atom stereocenters. The summed E-state index contributed by atoms with van der Waals surface area (Å²) in [5.74, 6) is 0.384. The molecule has 1 saturated heterocycles. The molecule has 1 aliphatic rings. The molecule has 0 radical (unpaired) electrons. The largest absolute Gasteiger partial charge is 0.298 e. The second kappa shape index (κ2) is 4.29. The number of allylic oxidation sites excluding steroid dienone is 1. The van der Waals surface area contributed by atoms with Gasteiger partial charge >= 0.3 is 0 Å². The van der Waals surface area contributed by atoms with Crippen molar-refractivity contribution in [1.29, 1.82) is 0 Å². The average Bonchev–Trinajstić information content (AvgIpc) is 2.37. The van der Waals surface area contributed by atoms with E-state index in [-0.39, 0.29) is 0 Å². The maximum Gasteiger partial charge on any atom is 0.148 e. The van der Waals surface area contributed by atoms with Gasteiger partial charge in [0, 0.05) is 19.5 Å². The zero-order valence-corrected chi connectivity index (χ0v) is 7.05. The van der Waals surface area contributed by atoms with Crippen molar-refractivity contribution in [3.8, 4) is 0 Å². The molecule has 0 aromatic carbocycles. The van der Waals surface area contributed by atoms with Gasteiger partial charge in [0.2, 0.25) is 0 Å². The van der Waals surface area contributed by atoms with Crippen molar-refractivity contribution < 1.29 is 4.79 Å². The van der Waals surface area contributed by atoms with Crippen molar-refractivity contribution in [2.45, 2.75) is 19.8 Å². The number of ketones is 1. The number of hydrogen-bond donors (Lipinski definition) is 0. The zero-order chi connectivity index (χ0) is 8.10. The number of carbonyl (C=O) groups excluding carboxylic acids is 1. The molecule has 0 amide bonds. The summed E-state index contributed by atoms with van der Waals surface area (Å²) in [5, 5.41) is 0. The van der Waals surface area contributed by atoms with Crippen molar-refractivity contribution >= 4 is 5.78 Å². The molecule has 62 valence electrons. The van der Waals surface area contributed by atoms with Crippen LogP contribution in [0.15, 0.2) is 12.2 Å². The van der Waals surface area contributed by atoms with Crippen molar-refractivity contribution in [1.82, 2.24) is 4.90 Å². The van der Waals surface area contributed by atoms with E-state index in [1.165, 1.54) is 0 Å². The Balaban J connectivity index is 2.18. The lowest BCUT2D eigenvalue weighted by Gasteiger charge is -2.08. The van der Waals surface area contributed by atoms with Gasteiger partial charge in [0.05, 0.1) is 6.54 Å². The number of carbonyl (C=O) groups is 1. The Morgan fingerprint density at radius 3 is 2.91 bits per heavy atom. The van der Waals surface area contributed by atoms with Crippen molar-refractivity contribution in [3.05, 3.63) is 12.2 Å². The van der Waals surface area contributed by atoms with Gasteiger partial charge in [-0.15, -0.1) is 0 Å². The summed E-state index contributed by atoms with van der Waals surface area (Å²) < 4.78 is 0. The molecule has 0 bridgehead atoms. The Morgan fingerprint density at radius 2 is 2.36 bits per heavy atom. The molecule has 0 atom stereocenters. The van der Waals surface area contributed by atoms with Crippen molar-refractivity contribution in [2.24, 2.45) is 0 Å². The summed E-state index contributed by atoms with van der Waals surface area (Å²) >= 11 is 0. The minimum Gasteiger partial charge on any atom is -0.298 e. The lowest BCUT2D eigenvalue weighted by atomic mass is 10.4. The molecule has 11 heavy (non-hydrogen) atoms. The minimum absolute atomic E-state index is 0.384. The molecule has 1 aliphatic heterocycles. The van der Waals surface area contributed by atoms with E-state index in [2.05, 4.69) is 24.0 Å². The molecule has 1 heterocycles. The normalized spacial score (nSPS) is 20.3. The molecule has 1 rings (SSSR count). The first-order valence-corrected chi connectivity index (χ1v) is 4.22. The summed E-state index contributed by atoms with van der Waals surface area (Å²) in [4.78, 5) is 13.0. The Morgan fingerprint density at radius 1 is 1.55 bits per heavy atom. The van der Waals surface area contributed by atoms with Crippen LogP contribution in [0.25, 0.3) is 0 Å². The van der Waals surface area contributed by atoms with Crippen LogP contribution in [0.2, 0.25) is 0 Å². The lowest BCUT2D eigenvalue weighted by Crippen LogP contribution is -2.20. The van der Waals surface area contributed by atoms with Gasteiger partial charge in [-0.1, -0.05) is 19.1 Å². The average molecular weight is 153 g/mol. The predicted octanol–water partition coefficient (Wildman–Crippen LogP) is 1.23. The van der Waals surface area contributed by atoms with Gasteiger partial charge in [-0.25, -0.2) is 0 Å². The molecule has 0 N–H and O–H groups in total. The highest BCUT2D eigenvalue weighted by Crippen LogP contribution is 2.03. The molecule has 0 saturated carbocycles. The molecule has 2 nitrogen and oxygen atoms in total. The zero-order valence-electron chi connectivity index (χ0n) is 7.05. The summed E-state index contributed by atoms with van der Waals surface area (Å²) in [6.07, 6.45) is 6.11. The summed E-state index contributed by atoms with van der Waals surface area (Å²) in [7, 11) is 0. The van der Waals surface area contributed by atoms with Crippen LogP contribution in [0.4, 0.5) is 0 Å². The summed E-state index contributed by atoms with van der Waals surface area (Å²) in [5.41, 5.74) is 0. The molecular formula is C9H15NO. The van der Waals surface area contributed by atoms with E-state index in [0.29, 0.717) is 12.3 Å². The lowest BCUT2D eigenvalue weighted by molar-refractivity contribution is -0.116. The Kier molecular flexibility index (Phi) is 3.30. The number of nitrogens with zero attached hydrogens (tertiary/aromatic N) is 1. The van der Waals surface area contributed by atoms with E-state index in [1.807, 2.05) is 0 Å². The minimum atomic E-state index is 0.384. The third kappa shape index (κ3) is 2.85. The monoisotopic (exact) mass is 153 g/mol. The third-order valence-corrected chi connectivity index (χ3v) is 1.87. The van der Waals surface area contributed by atoms with E-state index in [4.69, 9.17) is 0 Å². The highest BCUT2D eigenvalue weighted by atomic mass is 16.1. The Bertz CT molecular complexity index is 163. The molecule has 0 aliphatic carbocycles. The van der Waals surface area contributed by atoms with Crippen molar-refractivity contribution in [2.75, 3.05) is 19.6 Å². The van der Waals surface area contributed by atoms with Crippen LogP contribution >= 0.6 is 0 Å². The third-order valence-electron chi connectivity index (χ3n) is 1.87. The number of Topliss-reactive ketones (excluding diaryl/α,β-unsaturated/α-hetero) is 1. The van der Waals surface area contributed by atoms with Crippen LogP contribution in [0, 0.1) is 0 Å². The second-order valence-electron chi connectivity index (χ2n) is 2.90. The van der Waals surface area contributed by atoms with Gasteiger partial charge in [-0.2, -0.15) is 0 Å². The van der Waals surface area contributed by atoms with Crippen LogP contribution < -0.4 is 0 Å². The van der Waals surface area contributed by atoms with Gasteiger partial charge in [0.15, 0.2) is 0 Å². The molecule has 0 aromatic rings. The van der Waals surface area contributed by atoms with Crippen LogP contribution in [0.1, 0.15) is 19.8 Å². The molecule has 2 heteroatoms.